The first-order valence-corrected chi connectivity index (χ1v) is 9.31. The first-order valence-electron chi connectivity index (χ1n) is 9.31. The van der Waals surface area contributed by atoms with Crippen LogP contribution >= 0.6 is 0 Å². The second-order valence-corrected chi connectivity index (χ2v) is 7.55. The minimum atomic E-state index is -0.0791. The number of hydrogen-bond acceptors (Lipinski definition) is 3. The minimum Gasteiger partial charge on any atom is -0.371 e. The Morgan fingerprint density at radius 1 is 1.35 bits per heavy atom. The van der Waals surface area contributed by atoms with Crippen molar-refractivity contribution in [1.29, 1.82) is 0 Å². The van der Waals surface area contributed by atoms with Gasteiger partial charge in [0.15, 0.2) is 0 Å². The van der Waals surface area contributed by atoms with E-state index >= 15 is 0 Å². The van der Waals surface area contributed by atoms with Crippen LogP contribution in [0, 0.1) is 5.92 Å². The van der Waals surface area contributed by atoms with Crippen LogP contribution in [0.4, 0.5) is 0 Å². The van der Waals surface area contributed by atoms with E-state index in [0.717, 1.165) is 71.3 Å². The van der Waals surface area contributed by atoms with Crippen molar-refractivity contribution in [2.75, 3.05) is 32.8 Å². The molecule has 5 nitrogen and oxygen atoms in total. The van der Waals surface area contributed by atoms with E-state index in [9.17, 15) is 9.59 Å². The highest BCUT2D eigenvalue weighted by Gasteiger charge is 2.48. The Morgan fingerprint density at radius 2 is 2.17 bits per heavy atom. The van der Waals surface area contributed by atoms with Crippen LogP contribution in [0.5, 0.6) is 0 Å². The summed E-state index contributed by atoms with van der Waals surface area (Å²) in [5.74, 6) is 1.06. The van der Waals surface area contributed by atoms with Crippen LogP contribution in [-0.4, -0.2) is 60.0 Å². The molecule has 3 heterocycles. The Labute approximate surface area is 139 Å². The van der Waals surface area contributed by atoms with E-state index in [1.807, 2.05) is 9.80 Å². The summed E-state index contributed by atoms with van der Waals surface area (Å²) in [6, 6.07) is 0. The van der Waals surface area contributed by atoms with E-state index in [0.29, 0.717) is 24.7 Å². The van der Waals surface area contributed by atoms with Crippen molar-refractivity contribution in [2.45, 2.75) is 63.9 Å². The summed E-state index contributed by atoms with van der Waals surface area (Å²) in [5, 5.41) is 0. The Hall–Kier alpha value is -1.10. The van der Waals surface area contributed by atoms with Gasteiger partial charge in [0.1, 0.15) is 5.60 Å². The highest BCUT2D eigenvalue weighted by Crippen LogP contribution is 2.36. The van der Waals surface area contributed by atoms with Crippen molar-refractivity contribution >= 4 is 11.8 Å². The van der Waals surface area contributed by atoms with E-state index in [1.165, 1.54) is 0 Å². The number of nitrogens with zero attached hydrogens (tertiary/aromatic N) is 2. The zero-order valence-electron chi connectivity index (χ0n) is 14.4. The fourth-order valence-corrected chi connectivity index (χ4v) is 3.99. The van der Waals surface area contributed by atoms with Crippen LogP contribution < -0.4 is 0 Å². The molecule has 130 valence electrons. The molecule has 0 aliphatic carbocycles. The molecule has 2 amide bonds. The second-order valence-electron chi connectivity index (χ2n) is 7.55. The molecule has 3 aliphatic heterocycles. The molecule has 3 saturated heterocycles. The Balaban J connectivity index is 1.39. The fraction of sp³-hybridized carbons (Fsp3) is 0.889. The number of carbonyl (C=O) groups is 2. The van der Waals surface area contributed by atoms with Gasteiger partial charge in [-0.15, -0.1) is 0 Å². The van der Waals surface area contributed by atoms with Gasteiger partial charge in [-0.05, 0) is 32.1 Å². The van der Waals surface area contributed by atoms with Gasteiger partial charge in [0.2, 0.25) is 11.8 Å². The van der Waals surface area contributed by atoms with Gasteiger partial charge in [-0.3, -0.25) is 9.59 Å². The zero-order chi connectivity index (χ0) is 16.3. The van der Waals surface area contributed by atoms with Crippen molar-refractivity contribution in [3.63, 3.8) is 0 Å². The molecule has 3 rings (SSSR count). The number of amides is 2. The molecule has 5 heteroatoms. The Kier molecular flexibility index (Phi) is 5.24. The quantitative estimate of drug-likeness (QED) is 0.780. The minimum absolute atomic E-state index is 0.0791. The summed E-state index contributed by atoms with van der Waals surface area (Å²) in [4.78, 5) is 27.9. The molecule has 1 spiro atoms. The van der Waals surface area contributed by atoms with E-state index < -0.39 is 0 Å². The van der Waals surface area contributed by atoms with Gasteiger partial charge in [-0.1, -0.05) is 13.3 Å². The van der Waals surface area contributed by atoms with Crippen molar-refractivity contribution in [3.8, 4) is 0 Å². The van der Waals surface area contributed by atoms with Crippen LogP contribution in [0.3, 0.4) is 0 Å². The van der Waals surface area contributed by atoms with E-state index in [2.05, 4.69) is 6.92 Å². The lowest BCUT2D eigenvalue weighted by Gasteiger charge is -2.53. The van der Waals surface area contributed by atoms with Crippen molar-refractivity contribution in [2.24, 2.45) is 5.92 Å². The van der Waals surface area contributed by atoms with Gasteiger partial charge in [0.05, 0.1) is 19.7 Å². The predicted octanol–water partition coefficient (Wildman–Crippen LogP) is 2.20. The number of likely N-dealkylation sites (tertiary alicyclic amines) is 2. The summed E-state index contributed by atoms with van der Waals surface area (Å²) in [7, 11) is 0. The molecule has 23 heavy (non-hydrogen) atoms. The van der Waals surface area contributed by atoms with Crippen molar-refractivity contribution < 1.29 is 14.3 Å². The van der Waals surface area contributed by atoms with Gasteiger partial charge in [0.25, 0.3) is 0 Å². The first kappa shape index (κ1) is 16.7. The third-order valence-electron chi connectivity index (χ3n) is 5.59. The molecule has 3 aliphatic rings. The Morgan fingerprint density at radius 3 is 2.83 bits per heavy atom. The lowest BCUT2D eigenvalue weighted by Crippen LogP contribution is -2.66. The molecule has 0 unspecified atom stereocenters. The molecular weight excluding hydrogens is 292 g/mol. The standard InChI is InChI=1S/C18H30N2O3/c1-2-3-6-17(22)20-13-18(14-20)9-8-15(12-23-18)11-19-10-5-4-7-16(19)21/h15H,2-14H2,1H3/t15-/m1/s1. The lowest BCUT2D eigenvalue weighted by molar-refractivity contribution is -0.190. The molecule has 0 saturated carbocycles. The topological polar surface area (TPSA) is 49.9 Å². The molecule has 0 N–H and O–H groups in total. The molecular formula is C18H30N2O3. The van der Waals surface area contributed by atoms with E-state index in [4.69, 9.17) is 4.74 Å². The number of piperidine rings is 1. The monoisotopic (exact) mass is 322 g/mol. The summed E-state index contributed by atoms with van der Waals surface area (Å²) in [6.07, 6.45) is 7.75. The van der Waals surface area contributed by atoms with Crippen LogP contribution in [-0.2, 0) is 14.3 Å². The van der Waals surface area contributed by atoms with Crippen LogP contribution in [0.2, 0.25) is 0 Å². The third-order valence-corrected chi connectivity index (χ3v) is 5.59. The normalized spacial score (nSPS) is 27.2. The number of rotatable bonds is 5. The maximum absolute atomic E-state index is 12.0. The van der Waals surface area contributed by atoms with Crippen LogP contribution in [0.1, 0.15) is 58.3 Å². The summed E-state index contributed by atoms with van der Waals surface area (Å²) in [6.45, 7) is 6.16. The Bertz CT molecular complexity index is 436. The van der Waals surface area contributed by atoms with Gasteiger partial charge >= 0.3 is 0 Å². The second kappa shape index (κ2) is 7.20. The number of carbonyl (C=O) groups excluding carboxylic acids is 2. The maximum atomic E-state index is 12.0. The summed E-state index contributed by atoms with van der Waals surface area (Å²) in [5.41, 5.74) is -0.0791. The van der Waals surface area contributed by atoms with Gasteiger partial charge in [-0.25, -0.2) is 0 Å². The number of hydrogen-bond donors (Lipinski definition) is 0. The van der Waals surface area contributed by atoms with Crippen molar-refractivity contribution in [3.05, 3.63) is 0 Å². The molecule has 0 aromatic carbocycles. The molecule has 0 aromatic rings. The predicted molar refractivity (Wildman–Crippen MR) is 87.9 cm³/mol. The average molecular weight is 322 g/mol. The molecule has 0 bridgehead atoms. The zero-order valence-corrected chi connectivity index (χ0v) is 14.4. The highest BCUT2D eigenvalue weighted by molar-refractivity contribution is 5.77. The fourth-order valence-electron chi connectivity index (χ4n) is 3.99. The first-order chi connectivity index (χ1) is 11.1. The third kappa shape index (κ3) is 3.87. The van der Waals surface area contributed by atoms with Gasteiger partial charge < -0.3 is 14.5 Å². The van der Waals surface area contributed by atoms with Gasteiger partial charge in [0, 0.05) is 31.8 Å². The van der Waals surface area contributed by atoms with Crippen LogP contribution in [0.25, 0.3) is 0 Å². The molecule has 3 fully saturated rings. The maximum Gasteiger partial charge on any atom is 0.222 e. The lowest BCUT2D eigenvalue weighted by atomic mass is 9.82. The SMILES string of the molecule is CCCCC(=O)N1CC2(CC[C@H](CN3CCCCC3=O)CO2)C1. The largest absolute Gasteiger partial charge is 0.371 e. The van der Waals surface area contributed by atoms with E-state index in [-0.39, 0.29) is 11.5 Å². The summed E-state index contributed by atoms with van der Waals surface area (Å²) >= 11 is 0. The smallest absolute Gasteiger partial charge is 0.222 e. The van der Waals surface area contributed by atoms with Crippen molar-refractivity contribution in [1.82, 2.24) is 9.80 Å². The number of ether oxygens (including phenoxy) is 1. The average Bonchev–Trinajstić information content (AvgIpc) is 2.53. The number of unbranched alkanes of at least 4 members (excludes halogenated alkanes) is 1. The van der Waals surface area contributed by atoms with Gasteiger partial charge in [-0.2, -0.15) is 0 Å². The summed E-state index contributed by atoms with van der Waals surface area (Å²) < 4.78 is 6.14. The van der Waals surface area contributed by atoms with E-state index in [1.54, 1.807) is 0 Å². The molecule has 0 radical (unpaired) electrons. The molecule has 1 atom stereocenters. The highest BCUT2D eigenvalue weighted by atomic mass is 16.5. The molecule has 0 aromatic heterocycles. The van der Waals surface area contributed by atoms with Crippen LogP contribution in [0.15, 0.2) is 0 Å².